The molecule has 13 heavy (non-hydrogen) atoms. The van der Waals surface area contributed by atoms with Gasteiger partial charge in [0.05, 0.1) is 6.10 Å². The second-order valence-corrected chi connectivity index (χ2v) is 3.63. The fourth-order valence-corrected chi connectivity index (χ4v) is 1.71. The van der Waals surface area contributed by atoms with Crippen molar-refractivity contribution in [1.29, 1.82) is 0 Å². The van der Waals surface area contributed by atoms with Crippen LogP contribution in [-0.2, 0) is 4.74 Å². The maximum Gasteiger partial charge on any atom is 0.0558 e. The summed E-state index contributed by atoms with van der Waals surface area (Å²) in [5, 5.41) is 0. The lowest BCUT2D eigenvalue weighted by Gasteiger charge is -2.26. The van der Waals surface area contributed by atoms with Crippen molar-refractivity contribution in [2.75, 3.05) is 7.11 Å². The Morgan fingerprint density at radius 3 is 2.15 bits per heavy atom. The van der Waals surface area contributed by atoms with Gasteiger partial charge >= 0.3 is 0 Å². The summed E-state index contributed by atoms with van der Waals surface area (Å²) in [5.74, 6) is 6.18. The van der Waals surface area contributed by atoms with Crippen molar-refractivity contribution in [2.45, 2.75) is 52.2 Å². The average Bonchev–Trinajstić information content (AvgIpc) is 2.17. The molecule has 0 aromatic rings. The third kappa shape index (κ3) is 4.60. The summed E-state index contributed by atoms with van der Waals surface area (Å²) < 4.78 is 5.23. The number of hydrogen-bond donors (Lipinski definition) is 2. The molecule has 0 bridgehead atoms. The van der Waals surface area contributed by atoms with Gasteiger partial charge in [-0.3, -0.25) is 11.3 Å². The van der Waals surface area contributed by atoms with Crippen LogP contribution in [0.15, 0.2) is 0 Å². The molecule has 0 amide bonds. The number of ether oxygens (including phenoxy) is 1. The zero-order valence-corrected chi connectivity index (χ0v) is 9.34. The summed E-state index contributed by atoms with van der Waals surface area (Å²) in [6.45, 7) is 6.48. The minimum atomic E-state index is 0.279. The molecule has 0 aliphatic heterocycles. The second kappa shape index (κ2) is 7.30. The van der Waals surface area contributed by atoms with E-state index in [0.29, 0.717) is 12.0 Å². The van der Waals surface area contributed by atoms with E-state index in [1.165, 1.54) is 12.8 Å². The molecule has 3 nitrogen and oxygen atoms in total. The van der Waals surface area contributed by atoms with E-state index in [2.05, 4.69) is 26.2 Å². The van der Waals surface area contributed by atoms with Gasteiger partial charge in [0.2, 0.25) is 0 Å². The highest BCUT2D eigenvalue weighted by molar-refractivity contribution is 4.74. The van der Waals surface area contributed by atoms with Crippen LogP contribution in [0.3, 0.4) is 0 Å². The van der Waals surface area contributed by atoms with Crippen molar-refractivity contribution in [2.24, 2.45) is 11.8 Å². The van der Waals surface area contributed by atoms with Gasteiger partial charge in [-0.25, -0.2) is 0 Å². The maximum atomic E-state index is 5.52. The lowest BCUT2D eigenvalue weighted by atomic mass is 9.91. The molecule has 0 rings (SSSR count). The number of hydrazine groups is 1. The van der Waals surface area contributed by atoms with Crippen LogP contribution in [0.1, 0.15) is 40.0 Å². The number of nitrogens with one attached hydrogen (secondary N) is 1. The summed E-state index contributed by atoms with van der Waals surface area (Å²) in [6.07, 6.45) is 3.60. The van der Waals surface area contributed by atoms with Crippen molar-refractivity contribution in [3.8, 4) is 0 Å². The highest BCUT2D eigenvalue weighted by Crippen LogP contribution is 2.17. The van der Waals surface area contributed by atoms with Crippen LogP contribution < -0.4 is 11.3 Å². The van der Waals surface area contributed by atoms with Crippen molar-refractivity contribution in [3.05, 3.63) is 0 Å². The maximum absolute atomic E-state index is 5.52. The Bertz CT molecular complexity index is 115. The molecule has 0 saturated carbocycles. The van der Waals surface area contributed by atoms with E-state index in [1.54, 1.807) is 7.11 Å². The predicted octanol–water partition coefficient (Wildman–Crippen LogP) is 1.68. The van der Waals surface area contributed by atoms with Crippen LogP contribution in [-0.4, -0.2) is 19.3 Å². The first-order valence-electron chi connectivity index (χ1n) is 5.18. The van der Waals surface area contributed by atoms with Crippen molar-refractivity contribution >= 4 is 0 Å². The average molecular weight is 188 g/mol. The zero-order valence-electron chi connectivity index (χ0n) is 9.34. The molecular formula is C10H24N2O. The van der Waals surface area contributed by atoms with Gasteiger partial charge in [0.15, 0.2) is 0 Å². The molecule has 0 heterocycles. The Balaban J connectivity index is 3.98. The molecule has 2 unspecified atom stereocenters. The first-order chi connectivity index (χ1) is 6.19. The van der Waals surface area contributed by atoms with Crippen LogP contribution in [0.2, 0.25) is 0 Å². The van der Waals surface area contributed by atoms with Crippen LogP contribution in [0.4, 0.5) is 0 Å². The highest BCUT2D eigenvalue weighted by atomic mass is 16.5. The molecule has 0 aliphatic carbocycles. The molecule has 0 saturated heterocycles. The van der Waals surface area contributed by atoms with E-state index in [1.807, 2.05) is 0 Å². The molecule has 0 aromatic heterocycles. The summed E-state index contributed by atoms with van der Waals surface area (Å²) in [6, 6.07) is 0.380. The Kier molecular flexibility index (Phi) is 7.23. The summed E-state index contributed by atoms with van der Waals surface area (Å²) in [4.78, 5) is 0. The Labute approximate surface area is 82.0 Å². The van der Waals surface area contributed by atoms with Gasteiger partial charge in [-0.05, 0) is 19.3 Å². The van der Waals surface area contributed by atoms with Crippen molar-refractivity contribution < 1.29 is 4.74 Å². The van der Waals surface area contributed by atoms with Crippen LogP contribution >= 0.6 is 0 Å². The Morgan fingerprint density at radius 2 is 1.85 bits per heavy atom. The normalized spacial score (nSPS) is 16.2. The van der Waals surface area contributed by atoms with E-state index < -0.39 is 0 Å². The lowest BCUT2D eigenvalue weighted by Crippen LogP contribution is -2.42. The summed E-state index contributed by atoms with van der Waals surface area (Å²) in [5.41, 5.74) is 2.89. The molecule has 0 aliphatic rings. The Morgan fingerprint density at radius 1 is 1.31 bits per heavy atom. The third-order valence-electron chi connectivity index (χ3n) is 2.82. The first kappa shape index (κ1) is 12.9. The molecule has 2 atom stereocenters. The fraction of sp³-hybridized carbons (Fsp3) is 1.00. The standard InChI is InChI=1S/C10H24N2O/c1-5-9(6-2)10(12-11)7-8(3)13-4/h8-10,12H,5-7,11H2,1-4H3. The molecule has 3 N–H and O–H groups in total. The summed E-state index contributed by atoms with van der Waals surface area (Å²) in [7, 11) is 1.74. The lowest BCUT2D eigenvalue weighted by molar-refractivity contribution is 0.0908. The van der Waals surface area contributed by atoms with Gasteiger partial charge in [-0.15, -0.1) is 0 Å². The predicted molar refractivity (Wildman–Crippen MR) is 56.3 cm³/mol. The molecule has 3 heteroatoms. The van der Waals surface area contributed by atoms with Crippen LogP contribution in [0, 0.1) is 5.92 Å². The van der Waals surface area contributed by atoms with Crippen LogP contribution in [0.5, 0.6) is 0 Å². The molecule has 0 radical (unpaired) electrons. The minimum Gasteiger partial charge on any atom is -0.382 e. The van der Waals surface area contributed by atoms with E-state index >= 15 is 0 Å². The smallest absolute Gasteiger partial charge is 0.0558 e. The van der Waals surface area contributed by atoms with Crippen molar-refractivity contribution in [3.63, 3.8) is 0 Å². The van der Waals surface area contributed by atoms with E-state index in [4.69, 9.17) is 10.6 Å². The molecule has 0 spiro atoms. The van der Waals surface area contributed by atoms with Gasteiger partial charge in [0.1, 0.15) is 0 Å². The molecule has 0 fully saturated rings. The largest absolute Gasteiger partial charge is 0.382 e. The fourth-order valence-electron chi connectivity index (χ4n) is 1.71. The van der Waals surface area contributed by atoms with Crippen molar-refractivity contribution in [1.82, 2.24) is 5.43 Å². The van der Waals surface area contributed by atoms with E-state index in [-0.39, 0.29) is 6.10 Å². The topological polar surface area (TPSA) is 47.3 Å². The summed E-state index contributed by atoms with van der Waals surface area (Å²) >= 11 is 0. The van der Waals surface area contributed by atoms with Gasteiger partial charge < -0.3 is 4.74 Å². The molecular weight excluding hydrogens is 164 g/mol. The van der Waals surface area contributed by atoms with Gasteiger partial charge in [-0.1, -0.05) is 26.7 Å². The first-order valence-corrected chi connectivity index (χ1v) is 5.18. The molecule has 0 aromatic carbocycles. The number of hydrogen-bond acceptors (Lipinski definition) is 3. The number of nitrogens with two attached hydrogens (primary N) is 1. The van der Waals surface area contributed by atoms with E-state index in [9.17, 15) is 0 Å². The monoisotopic (exact) mass is 188 g/mol. The van der Waals surface area contributed by atoms with Gasteiger partial charge in [-0.2, -0.15) is 0 Å². The Hall–Kier alpha value is -0.120. The van der Waals surface area contributed by atoms with Crippen LogP contribution in [0.25, 0.3) is 0 Å². The van der Waals surface area contributed by atoms with Gasteiger partial charge in [0, 0.05) is 13.2 Å². The quantitative estimate of drug-likeness (QED) is 0.472. The SMILES string of the molecule is CCC(CC)C(CC(C)OC)NN. The zero-order chi connectivity index (χ0) is 10.3. The molecule has 80 valence electrons. The highest BCUT2D eigenvalue weighted by Gasteiger charge is 2.19. The third-order valence-corrected chi connectivity index (χ3v) is 2.82. The minimum absolute atomic E-state index is 0.279. The van der Waals surface area contributed by atoms with E-state index in [0.717, 1.165) is 6.42 Å². The second-order valence-electron chi connectivity index (χ2n) is 3.63. The van der Waals surface area contributed by atoms with Gasteiger partial charge in [0.25, 0.3) is 0 Å². The number of rotatable bonds is 7. The number of methoxy groups -OCH3 is 1.